The summed E-state index contributed by atoms with van der Waals surface area (Å²) >= 11 is 3.03. The van der Waals surface area contributed by atoms with Crippen molar-refractivity contribution in [2.75, 3.05) is 11.6 Å². The third-order valence-corrected chi connectivity index (χ3v) is 7.17. The normalized spacial score (nSPS) is 12.2. The second-order valence-corrected chi connectivity index (χ2v) is 9.94. The number of carbonyl (C=O) groups excluding carboxylic acids is 1. The molecule has 0 saturated heterocycles. The smallest absolute Gasteiger partial charge is 0.291 e. The van der Waals surface area contributed by atoms with Gasteiger partial charge in [-0.15, -0.1) is 10.2 Å². The van der Waals surface area contributed by atoms with E-state index >= 15 is 0 Å². The largest absolute Gasteiger partial charge is 0.451 e. The first kappa shape index (κ1) is 19.8. The minimum atomic E-state index is -1.22. The van der Waals surface area contributed by atoms with E-state index in [1.54, 1.807) is 30.5 Å². The fourth-order valence-electron chi connectivity index (χ4n) is 2.90. The van der Waals surface area contributed by atoms with Crippen LogP contribution in [0.15, 0.2) is 62.2 Å². The summed E-state index contributed by atoms with van der Waals surface area (Å²) in [5, 5.41) is 12.8. The molecule has 0 aliphatic heterocycles. The zero-order valence-corrected chi connectivity index (χ0v) is 18.1. The van der Waals surface area contributed by atoms with Crippen molar-refractivity contribution in [1.29, 1.82) is 0 Å². The monoisotopic (exact) mass is 443 g/mol. The second kappa shape index (κ2) is 8.48. The molecular weight excluding hydrogens is 426 g/mol. The zero-order valence-electron chi connectivity index (χ0n) is 15.7. The molecule has 1 atom stereocenters. The highest BCUT2D eigenvalue weighted by atomic mass is 32.2. The van der Waals surface area contributed by atoms with Gasteiger partial charge in [-0.3, -0.25) is 9.00 Å². The van der Waals surface area contributed by atoms with Crippen LogP contribution in [0.25, 0.3) is 11.0 Å². The molecule has 0 spiro atoms. The van der Waals surface area contributed by atoms with Crippen molar-refractivity contribution in [1.82, 2.24) is 10.2 Å². The van der Waals surface area contributed by atoms with Gasteiger partial charge in [-0.05, 0) is 25.1 Å². The van der Waals surface area contributed by atoms with E-state index in [4.69, 9.17) is 4.42 Å². The molecule has 0 saturated carbocycles. The van der Waals surface area contributed by atoms with E-state index in [1.165, 1.54) is 23.1 Å². The maximum Gasteiger partial charge on any atom is 0.291 e. The number of furan rings is 1. The van der Waals surface area contributed by atoms with Crippen LogP contribution in [-0.2, 0) is 16.6 Å². The number of hydrogen-bond donors (Lipinski definition) is 1. The molecule has 4 rings (SSSR count). The molecule has 2 heterocycles. The van der Waals surface area contributed by atoms with E-state index in [0.29, 0.717) is 21.9 Å². The number of para-hydroxylation sites is 2. The van der Waals surface area contributed by atoms with Gasteiger partial charge in [0, 0.05) is 23.0 Å². The lowest BCUT2D eigenvalue weighted by atomic mass is 10.1. The molecule has 2 aromatic carbocycles. The van der Waals surface area contributed by atoms with Gasteiger partial charge in [-0.2, -0.15) is 0 Å². The highest BCUT2D eigenvalue weighted by molar-refractivity contribution is 8.00. The van der Waals surface area contributed by atoms with E-state index in [0.717, 1.165) is 20.3 Å². The van der Waals surface area contributed by atoms with Gasteiger partial charge >= 0.3 is 0 Å². The van der Waals surface area contributed by atoms with Crippen LogP contribution in [0.1, 0.15) is 21.1 Å². The SMILES string of the molecule is Cc1nnc(SCc2c(C(=O)Nc3ccccc3S(C)=O)oc3ccccc23)s1. The van der Waals surface area contributed by atoms with E-state index in [2.05, 4.69) is 15.5 Å². The summed E-state index contributed by atoms with van der Waals surface area (Å²) in [4.78, 5) is 13.6. The molecule has 2 aromatic heterocycles. The Kier molecular flexibility index (Phi) is 5.79. The van der Waals surface area contributed by atoms with Crippen LogP contribution >= 0.6 is 23.1 Å². The molecule has 6 nitrogen and oxygen atoms in total. The van der Waals surface area contributed by atoms with Crippen molar-refractivity contribution in [3.05, 3.63) is 64.9 Å². The molecule has 4 aromatic rings. The molecule has 0 aliphatic rings. The molecule has 1 unspecified atom stereocenters. The number of aryl methyl sites for hydroxylation is 1. The number of anilines is 1. The lowest BCUT2D eigenvalue weighted by Gasteiger charge is -2.09. The third-order valence-electron chi connectivity index (χ3n) is 4.20. The first-order valence-corrected chi connectivity index (χ1v) is 12.1. The highest BCUT2D eigenvalue weighted by Crippen LogP contribution is 2.33. The lowest BCUT2D eigenvalue weighted by molar-refractivity contribution is 0.0997. The van der Waals surface area contributed by atoms with Gasteiger partial charge in [-0.1, -0.05) is 53.4 Å². The van der Waals surface area contributed by atoms with Gasteiger partial charge in [0.1, 0.15) is 10.6 Å². The Labute approximate surface area is 178 Å². The number of nitrogens with zero attached hydrogens (tertiary/aromatic N) is 2. The molecule has 9 heteroatoms. The van der Waals surface area contributed by atoms with Gasteiger partial charge in [0.25, 0.3) is 5.91 Å². The maximum absolute atomic E-state index is 13.1. The summed E-state index contributed by atoms with van der Waals surface area (Å²) in [6, 6.07) is 14.6. The summed E-state index contributed by atoms with van der Waals surface area (Å²) in [5.74, 6) is 0.398. The van der Waals surface area contributed by atoms with E-state index in [9.17, 15) is 9.00 Å². The van der Waals surface area contributed by atoms with Crippen LogP contribution in [0.2, 0.25) is 0 Å². The Morgan fingerprint density at radius 1 is 1.17 bits per heavy atom. The number of carbonyl (C=O) groups is 1. The van der Waals surface area contributed by atoms with E-state index in [1.807, 2.05) is 31.2 Å². The summed E-state index contributed by atoms with van der Waals surface area (Å²) < 4.78 is 18.7. The summed E-state index contributed by atoms with van der Waals surface area (Å²) in [6.45, 7) is 1.91. The molecule has 29 heavy (non-hydrogen) atoms. The number of hydrogen-bond acceptors (Lipinski definition) is 7. The standard InChI is InChI=1S/C20H17N3O3S3/c1-12-22-23-20(28-12)27-11-14-13-7-3-5-9-16(13)26-18(14)19(24)21-15-8-4-6-10-17(15)29(2)25/h3-10H,11H2,1-2H3,(H,21,24). The topological polar surface area (TPSA) is 85.1 Å². The maximum atomic E-state index is 13.1. The first-order valence-electron chi connectivity index (χ1n) is 8.70. The fourth-order valence-corrected chi connectivity index (χ4v) is 5.44. The number of thioether (sulfide) groups is 1. The van der Waals surface area contributed by atoms with E-state index in [-0.39, 0.29) is 11.7 Å². The minimum Gasteiger partial charge on any atom is -0.451 e. The van der Waals surface area contributed by atoms with Gasteiger partial charge < -0.3 is 9.73 Å². The average Bonchev–Trinajstić information content (AvgIpc) is 3.30. The molecule has 1 N–H and O–H groups in total. The predicted octanol–water partition coefficient (Wildman–Crippen LogP) is 4.87. The van der Waals surface area contributed by atoms with Crippen LogP contribution in [0.4, 0.5) is 5.69 Å². The van der Waals surface area contributed by atoms with Gasteiger partial charge in [-0.25, -0.2) is 0 Å². The Morgan fingerprint density at radius 3 is 2.69 bits per heavy atom. The van der Waals surface area contributed by atoms with Crippen LogP contribution in [0.3, 0.4) is 0 Å². The van der Waals surface area contributed by atoms with Crippen LogP contribution in [-0.4, -0.2) is 26.6 Å². The molecule has 0 radical (unpaired) electrons. The second-order valence-electron chi connectivity index (χ2n) is 6.19. The number of rotatable bonds is 6. The fraction of sp³-hybridized carbons (Fsp3) is 0.150. The minimum absolute atomic E-state index is 0.247. The summed E-state index contributed by atoms with van der Waals surface area (Å²) in [6.07, 6.45) is 1.58. The third kappa shape index (κ3) is 4.26. The van der Waals surface area contributed by atoms with Crippen LogP contribution in [0.5, 0.6) is 0 Å². The molecule has 0 fully saturated rings. The number of amides is 1. The van der Waals surface area contributed by atoms with Gasteiger partial charge in [0.2, 0.25) is 0 Å². The Morgan fingerprint density at radius 2 is 1.93 bits per heavy atom. The van der Waals surface area contributed by atoms with Gasteiger partial charge in [0.05, 0.1) is 21.4 Å². The first-order chi connectivity index (χ1) is 14.0. The quantitative estimate of drug-likeness (QED) is 0.428. The molecule has 148 valence electrons. The van der Waals surface area contributed by atoms with Crippen LogP contribution < -0.4 is 5.32 Å². The summed E-state index contributed by atoms with van der Waals surface area (Å²) in [5.41, 5.74) is 1.96. The van der Waals surface area contributed by atoms with Gasteiger partial charge in [0.15, 0.2) is 10.1 Å². The summed E-state index contributed by atoms with van der Waals surface area (Å²) in [7, 11) is -1.22. The average molecular weight is 444 g/mol. The molecule has 1 amide bonds. The lowest BCUT2D eigenvalue weighted by Crippen LogP contribution is -2.14. The Bertz CT molecular complexity index is 1220. The highest BCUT2D eigenvalue weighted by Gasteiger charge is 2.22. The van der Waals surface area contributed by atoms with Crippen molar-refractivity contribution in [2.24, 2.45) is 0 Å². The Hall–Kier alpha value is -2.49. The zero-order chi connectivity index (χ0) is 20.4. The van der Waals surface area contributed by atoms with Crippen LogP contribution in [0, 0.1) is 6.92 Å². The van der Waals surface area contributed by atoms with Crippen molar-refractivity contribution in [3.63, 3.8) is 0 Å². The van der Waals surface area contributed by atoms with Crippen molar-refractivity contribution >= 4 is 56.5 Å². The van der Waals surface area contributed by atoms with Crippen molar-refractivity contribution in [3.8, 4) is 0 Å². The van der Waals surface area contributed by atoms with E-state index < -0.39 is 10.8 Å². The number of aromatic nitrogens is 2. The predicted molar refractivity (Wildman–Crippen MR) is 117 cm³/mol. The molecular formula is C20H17N3O3S3. The van der Waals surface area contributed by atoms with Crippen molar-refractivity contribution < 1.29 is 13.4 Å². The number of fused-ring (bicyclic) bond motifs is 1. The number of nitrogens with one attached hydrogen (secondary N) is 1. The van der Waals surface area contributed by atoms with Crippen molar-refractivity contribution in [2.45, 2.75) is 21.9 Å². The Balaban J connectivity index is 1.67. The molecule has 0 bridgehead atoms. The number of benzene rings is 2. The molecule has 0 aliphatic carbocycles.